The quantitative estimate of drug-likeness (QED) is 0.707. The molecule has 1 aromatic heterocycles. The van der Waals surface area contributed by atoms with Gasteiger partial charge in [-0.2, -0.15) is 0 Å². The number of aromatic nitrogens is 1. The van der Waals surface area contributed by atoms with Crippen molar-refractivity contribution in [2.24, 2.45) is 0 Å². The first-order valence-corrected chi connectivity index (χ1v) is 4.59. The number of aliphatic hydroxyl groups excluding tert-OH is 1. The summed E-state index contributed by atoms with van der Waals surface area (Å²) < 4.78 is 4.73. The molecular weight excluding hydrogens is 196 g/mol. The number of hydrogen-bond acceptors (Lipinski definition) is 4. The van der Waals surface area contributed by atoms with E-state index in [-0.39, 0.29) is 19.1 Å². The van der Waals surface area contributed by atoms with Crippen LogP contribution in [0.1, 0.15) is 10.4 Å². The molecule has 0 spiro atoms. The summed E-state index contributed by atoms with van der Waals surface area (Å²) in [6.45, 7) is 0.370. The Balaban J connectivity index is 2.37. The first-order chi connectivity index (χ1) is 7.24. The van der Waals surface area contributed by atoms with Crippen molar-refractivity contribution in [2.45, 2.75) is 6.10 Å². The van der Waals surface area contributed by atoms with E-state index in [1.807, 2.05) is 0 Å². The molecule has 2 N–H and O–H groups in total. The highest BCUT2D eigenvalue weighted by atomic mass is 16.5. The van der Waals surface area contributed by atoms with E-state index < -0.39 is 6.10 Å². The summed E-state index contributed by atoms with van der Waals surface area (Å²) in [5.41, 5.74) is 0.474. The molecule has 5 nitrogen and oxygen atoms in total. The molecule has 0 saturated carbocycles. The third kappa shape index (κ3) is 4.05. The van der Waals surface area contributed by atoms with Gasteiger partial charge in [0.1, 0.15) is 0 Å². The van der Waals surface area contributed by atoms with Gasteiger partial charge in [-0.3, -0.25) is 9.78 Å². The highest BCUT2D eigenvalue weighted by Crippen LogP contribution is 1.94. The van der Waals surface area contributed by atoms with Crippen LogP contribution in [-0.4, -0.2) is 42.4 Å². The number of aliphatic hydroxyl groups is 1. The fourth-order valence-electron chi connectivity index (χ4n) is 1.06. The summed E-state index contributed by atoms with van der Waals surface area (Å²) in [5, 5.41) is 11.9. The topological polar surface area (TPSA) is 71.5 Å². The molecule has 1 aromatic rings. The van der Waals surface area contributed by atoms with E-state index in [9.17, 15) is 9.90 Å². The zero-order chi connectivity index (χ0) is 11.1. The van der Waals surface area contributed by atoms with E-state index >= 15 is 0 Å². The highest BCUT2D eigenvalue weighted by Gasteiger charge is 2.08. The van der Waals surface area contributed by atoms with Gasteiger partial charge in [0.15, 0.2) is 0 Å². The first kappa shape index (κ1) is 11.6. The standard InChI is InChI=1S/C10H14N2O3/c1-15-7-9(13)6-12-10(14)8-3-2-4-11-5-8/h2-5,9,13H,6-7H2,1H3,(H,12,14). The minimum absolute atomic E-state index is 0.168. The third-order valence-electron chi connectivity index (χ3n) is 1.78. The first-order valence-electron chi connectivity index (χ1n) is 4.59. The fourth-order valence-corrected chi connectivity index (χ4v) is 1.06. The van der Waals surface area contributed by atoms with Gasteiger partial charge < -0.3 is 15.2 Å². The van der Waals surface area contributed by atoms with Crippen molar-refractivity contribution in [3.63, 3.8) is 0 Å². The van der Waals surface area contributed by atoms with Crippen molar-refractivity contribution >= 4 is 5.91 Å². The third-order valence-corrected chi connectivity index (χ3v) is 1.78. The normalized spacial score (nSPS) is 12.1. The predicted octanol–water partition coefficient (Wildman–Crippen LogP) is -0.181. The van der Waals surface area contributed by atoms with Gasteiger partial charge in [0.2, 0.25) is 0 Å². The monoisotopic (exact) mass is 210 g/mol. The molecule has 1 heterocycles. The van der Waals surface area contributed by atoms with Crippen LogP contribution in [0, 0.1) is 0 Å². The lowest BCUT2D eigenvalue weighted by Crippen LogP contribution is -2.34. The Kier molecular flexibility index (Phi) is 4.73. The van der Waals surface area contributed by atoms with Crippen LogP contribution in [-0.2, 0) is 4.74 Å². The lowest BCUT2D eigenvalue weighted by molar-refractivity contribution is 0.0609. The average molecular weight is 210 g/mol. The SMILES string of the molecule is COCC(O)CNC(=O)c1cccnc1. The van der Waals surface area contributed by atoms with Crippen molar-refractivity contribution in [2.75, 3.05) is 20.3 Å². The molecule has 0 radical (unpaired) electrons. The van der Waals surface area contributed by atoms with Crippen molar-refractivity contribution in [1.82, 2.24) is 10.3 Å². The minimum atomic E-state index is -0.685. The Bertz CT molecular complexity index is 303. The van der Waals surface area contributed by atoms with Gasteiger partial charge in [0, 0.05) is 26.0 Å². The summed E-state index contributed by atoms with van der Waals surface area (Å²) in [7, 11) is 1.49. The molecule has 0 saturated heterocycles. The van der Waals surface area contributed by atoms with Gasteiger partial charge in [0.25, 0.3) is 5.91 Å². The number of rotatable bonds is 5. The van der Waals surface area contributed by atoms with Gasteiger partial charge in [-0.25, -0.2) is 0 Å². The second-order valence-corrected chi connectivity index (χ2v) is 3.06. The lowest BCUT2D eigenvalue weighted by atomic mass is 10.2. The molecule has 1 rings (SSSR count). The molecule has 0 aliphatic heterocycles. The zero-order valence-corrected chi connectivity index (χ0v) is 8.51. The zero-order valence-electron chi connectivity index (χ0n) is 8.51. The van der Waals surface area contributed by atoms with E-state index in [4.69, 9.17) is 4.74 Å². The van der Waals surface area contributed by atoms with Gasteiger partial charge in [0.05, 0.1) is 18.3 Å². The van der Waals surface area contributed by atoms with Crippen LogP contribution in [0.15, 0.2) is 24.5 Å². The molecule has 1 amide bonds. The summed E-state index contributed by atoms with van der Waals surface area (Å²) in [6, 6.07) is 3.34. The molecule has 0 bridgehead atoms. The number of nitrogens with one attached hydrogen (secondary N) is 1. The molecule has 82 valence electrons. The van der Waals surface area contributed by atoms with E-state index in [1.165, 1.54) is 13.3 Å². The van der Waals surface area contributed by atoms with E-state index in [1.54, 1.807) is 18.3 Å². The van der Waals surface area contributed by atoms with E-state index in [0.29, 0.717) is 5.56 Å². The molecule has 0 aliphatic carbocycles. The number of pyridine rings is 1. The van der Waals surface area contributed by atoms with Gasteiger partial charge in [-0.05, 0) is 12.1 Å². The van der Waals surface area contributed by atoms with Gasteiger partial charge in [-0.1, -0.05) is 0 Å². The largest absolute Gasteiger partial charge is 0.389 e. The maximum atomic E-state index is 11.5. The van der Waals surface area contributed by atoms with Crippen molar-refractivity contribution in [3.8, 4) is 0 Å². The van der Waals surface area contributed by atoms with E-state index in [0.717, 1.165) is 0 Å². The van der Waals surface area contributed by atoms with Crippen LogP contribution in [0.4, 0.5) is 0 Å². The van der Waals surface area contributed by atoms with Crippen molar-refractivity contribution in [3.05, 3.63) is 30.1 Å². The van der Waals surface area contributed by atoms with Crippen LogP contribution < -0.4 is 5.32 Å². The van der Waals surface area contributed by atoms with Crippen LogP contribution in [0.3, 0.4) is 0 Å². The average Bonchev–Trinajstić information content (AvgIpc) is 2.27. The fraction of sp³-hybridized carbons (Fsp3) is 0.400. The van der Waals surface area contributed by atoms with E-state index in [2.05, 4.69) is 10.3 Å². The number of nitrogens with zero attached hydrogens (tertiary/aromatic N) is 1. The van der Waals surface area contributed by atoms with Gasteiger partial charge in [-0.15, -0.1) is 0 Å². The van der Waals surface area contributed by atoms with Crippen LogP contribution >= 0.6 is 0 Å². The van der Waals surface area contributed by atoms with Crippen LogP contribution in [0.25, 0.3) is 0 Å². The minimum Gasteiger partial charge on any atom is -0.389 e. The summed E-state index contributed by atoms with van der Waals surface area (Å²) in [4.78, 5) is 15.3. The summed E-state index contributed by atoms with van der Waals surface area (Å²) >= 11 is 0. The number of ether oxygens (including phenoxy) is 1. The van der Waals surface area contributed by atoms with Crippen LogP contribution in [0.5, 0.6) is 0 Å². The smallest absolute Gasteiger partial charge is 0.252 e. The molecule has 15 heavy (non-hydrogen) atoms. The predicted molar refractivity (Wildman–Crippen MR) is 54.5 cm³/mol. The Morgan fingerprint density at radius 1 is 1.73 bits per heavy atom. The number of carbonyl (C=O) groups is 1. The second-order valence-electron chi connectivity index (χ2n) is 3.06. The maximum absolute atomic E-state index is 11.5. The molecule has 5 heteroatoms. The number of hydrogen-bond donors (Lipinski definition) is 2. The number of methoxy groups -OCH3 is 1. The van der Waals surface area contributed by atoms with Crippen molar-refractivity contribution in [1.29, 1.82) is 0 Å². The Morgan fingerprint density at radius 2 is 2.53 bits per heavy atom. The number of amides is 1. The number of carbonyl (C=O) groups excluding carboxylic acids is 1. The molecule has 0 aromatic carbocycles. The summed E-state index contributed by atoms with van der Waals surface area (Å²) in [5.74, 6) is -0.252. The highest BCUT2D eigenvalue weighted by molar-refractivity contribution is 5.93. The molecule has 0 fully saturated rings. The summed E-state index contributed by atoms with van der Waals surface area (Å²) in [6.07, 6.45) is 2.38. The molecule has 1 unspecified atom stereocenters. The Hall–Kier alpha value is -1.46. The molecule has 0 aliphatic rings. The second kappa shape index (κ2) is 6.10. The molecular formula is C10H14N2O3. The Morgan fingerprint density at radius 3 is 3.13 bits per heavy atom. The lowest BCUT2D eigenvalue weighted by Gasteiger charge is -2.10. The van der Waals surface area contributed by atoms with Crippen molar-refractivity contribution < 1.29 is 14.6 Å². The maximum Gasteiger partial charge on any atom is 0.252 e. The molecule has 1 atom stereocenters. The van der Waals surface area contributed by atoms with Gasteiger partial charge >= 0.3 is 0 Å². The Labute approximate surface area is 88.1 Å². The van der Waals surface area contributed by atoms with Crippen LogP contribution in [0.2, 0.25) is 0 Å².